The molecule has 24 heavy (non-hydrogen) atoms. The molecule has 1 atom stereocenters. The second-order valence-corrected chi connectivity index (χ2v) is 5.53. The van der Waals surface area contributed by atoms with Crippen LogP contribution in [0, 0.1) is 0 Å². The number of benzene rings is 2. The quantitative estimate of drug-likeness (QED) is 0.695. The lowest BCUT2D eigenvalue weighted by atomic mass is 10.1. The summed E-state index contributed by atoms with van der Waals surface area (Å²) in [5.41, 5.74) is 2.12. The van der Waals surface area contributed by atoms with Gasteiger partial charge < -0.3 is 20.5 Å². The van der Waals surface area contributed by atoms with Crippen molar-refractivity contribution in [2.24, 2.45) is 0 Å². The van der Waals surface area contributed by atoms with E-state index in [1.165, 1.54) is 0 Å². The van der Waals surface area contributed by atoms with Gasteiger partial charge in [-0.2, -0.15) is 0 Å². The van der Waals surface area contributed by atoms with E-state index in [1.54, 1.807) is 7.11 Å². The molecule has 1 unspecified atom stereocenters. The summed E-state index contributed by atoms with van der Waals surface area (Å²) in [6.07, 6.45) is 1.27. The number of carbonyl (C=O) groups is 1. The monoisotopic (exact) mass is 328 g/mol. The molecule has 0 heterocycles. The number of rotatable bonds is 8. The second-order valence-electron chi connectivity index (χ2n) is 5.53. The number of aliphatic hydroxyl groups is 1. The van der Waals surface area contributed by atoms with Crippen LogP contribution < -0.4 is 15.4 Å². The van der Waals surface area contributed by atoms with Gasteiger partial charge in [-0.3, -0.25) is 0 Å². The van der Waals surface area contributed by atoms with E-state index in [0.717, 1.165) is 16.9 Å². The molecule has 2 aromatic rings. The highest BCUT2D eigenvalue weighted by atomic mass is 16.5. The minimum Gasteiger partial charge on any atom is -0.496 e. The number of hydrogen-bond acceptors (Lipinski definition) is 3. The number of nitrogens with one attached hydrogen (secondary N) is 2. The molecule has 0 aromatic heterocycles. The molecule has 0 aliphatic rings. The number of urea groups is 1. The zero-order valence-electron chi connectivity index (χ0n) is 13.9. The number of para-hydroxylation sites is 1. The average molecular weight is 328 g/mol. The molecule has 5 nitrogen and oxygen atoms in total. The van der Waals surface area contributed by atoms with E-state index in [2.05, 4.69) is 10.6 Å². The molecule has 2 aromatic carbocycles. The summed E-state index contributed by atoms with van der Waals surface area (Å²) in [7, 11) is 1.63. The van der Waals surface area contributed by atoms with Crippen molar-refractivity contribution in [3.63, 3.8) is 0 Å². The largest absolute Gasteiger partial charge is 0.496 e. The van der Waals surface area contributed by atoms with E-state index in [-0.39, 0.29) is 18.7 Å². The molecule has 0 aliphatic heterocycles. The molecule has 2 rings (SSSR count). The number of hydrogen-bond donors (Lipinski definition) is 3. The van der Waals surface area contributed by atoms with Gasteiger partial charge in [-0.1, -0.05) is 48.5 Å². The summed E-state index contributed by atoms with van der Waals surface area (Å²) in [5.74, 6) is 0.817. The molecule has 3 N–H and O–H groups in total. The number of methoxy groups -OCH3 is 1. The standard InChI is InChI=1S/C19H24N2O3/c1-24-18-10-6-5-9-16(18)11-12-20-19(23)21-17(14-22)13-15-7-3-2-4-8-15/h2-10,17,22H,11-14H2,1H3,(H2,20,21,23). The van der Waals surface area contributed by atoms with Crippen LogP contribution in [0.15, 0.2) is 54.6 Å². The molecule has 0 saturated carbocycles. The van der Waals surface area contributed by atoms with Crippen molar-refractivity contribution in [1.82, 2.24) is 10.6 Å². The smallest absolute Gasteiger partial charge is 0.315 e. The highest BCUT2D eigenvalue weighted by Crippen LogP contribution is 2.17. The number of carbonyl (C=O) groups excluding carboxylic acids is 1. The van der Waals surface area contributed by atoms with Crippen LogP contribution in [0.5, 0.6) is 5.75 Å². The predicted molar refractivity (Wildman–Crippen MR) is 94.3 cm³/mol. The van der Waals surface area contributed by atoms with E-state index in [1.807, 2.05) is 54.6 Å². The third-order valence-corrected chi connectivity index (χ3v) is 3.75. The van der Waals surface area contributed by atoms with Crippen molar-refractivity contribution in [3.05, 3.63) is 65.7 Å². The third-order valence-electron chi connectivity index (χ3n) is 3.75. The Balaban J connectivity index is 1.77. The Kier molecular flexibility index (Phi) is 7.11. The van der Waals surface area contributed by atoms with Crippen LogP contribution in [0.2, 0.25) is 0 Å². The zero-order chi connectivity index (χ0) is 17.2. The van der Waals surface area contributed by atoms with E-state index >= 15 is 0 Å². The molecular formula is C19H24N2O3. The van der Waals surface area contributed by atoms with Gasteiger partial charge in [0.1, 0.15) is 5.75 Å². The Bertz CT molecular complexity index is 632. The Morgan fingerprint density at radius 1 is 1.12 bits per heavy atom. The van der Waals surface area contributed by atoms with Gasteiger partial charge in [0.15, 0.2) is 0 Å². The molecule has 2 amide bonds. The first-order valence-corrected chi connectivity index (χ1v) is 8.04. The summed E-state index contributed by atoms with van der Waals surface area (Å²) in [5, 5.41) is 15.1. The van der Waals surface area contributed by atoms with Gasteiger partial charge in [0.05, 0.1) is 19.8 Å². The van der Waals surface area contributed by atoms with E-state index in [4.69, 9.17) is 4.74 Å². The lowest BCUT2D eigenvalue weighted by Crippen LogP contribution is -2.45. The van der Waals surface area contributed by atoms with E-state index in [9.17, 15) is 9.90 Å². The van der Waals surface area contributed by atoms with Crippen molar-refractivity contribution in [2.45, 2.75) is 18.9 Å². The first-order valence-electron chi connectivity index (χ1n) is 8.04. The van der Waals surface area contributed by atoms with Gasteiger partial charge in [0.2, 0.25) is 0 Å². The molecule has 128 valence electrons. The van der Waals surface area contributed by atoms with Crippen molar-refractivity contribution >= 4 is 6.03 Å². The second kappa shape index (κ2) is 9.57. The predicted octanol–water partition coefficient (Wildman–Crippen LogP) is 2.14. The van der Waals surface area contributed by atoms with Gasteiger partial charge in [-0.25, -0.2) is 4.79 Å². The Morgan fingerprint density at radius 3 is 2.54 bits per heavy atom. The van der Waals surface area contributed by atoms with Crippen molar-refractivity contribution in [2.75, 3.05) is 20.3 Å². The van der Waals surface area contributed by atoms with Gasteiger partial charge in [0.25, 0.3) is 0 Å². The lowest BCUT2D eigenvalue weighted by molar-refractivity contribution is 0.216. The minimum atomic E-state index is -0.307. The van der Waals surface area contributed by atoms with Crippen LogP contribution in [-0.2, 0) is 12.8 Å². The van der Waals surface area contributed by atoms with Gasteiger partial charge in [-0.05, 0) is 30.0 Å². The molecule has 0 bridgehead atoms. The SMILES string of the molecule is COc1ccccc1CCNC(=O)NC(CO)Cc1ccccc1. The van der Waals surface area contributed by atoms with Crippen molar-refractivity contribution in [3.8, 4) is 5.75 Å². The van der Waals surface area contributed by atoms with E-state index in [0.29, 0.717) is 19.4 Å². The van der Waals surface area contributed by atoms with Crippen LogP contribution >= 0.6 is 0 Å². The fourth-order valence-electron chi connectivity index (χ4n) is 2.52. The topological polar surface area (TPSA) is 70.6 Å². The Morgan fingerprint density at radius 2 is 1.83 bits per heavy atom. The number of ether oxygens (including phenoxy) is 1. The summed E-state index contributed by atoms with van der Waals surface area (Å²) in [6, 6.07) is 16.9. The van der Waals surface area contributed by atoms with Crippen molar-refractivity contribution in [1.29, 1.82) is 0 Å². The zero-order valence-corrected chi connectivity index (χ0v) is 13.9. The maximum atomic E-state index is 12.0. The Labute approximate surface area is 142 Å². The summed E-state index contributed by atoms with van der Waals surface area (Å²) in [4.78, 5) is 12.0. The fourth-order valence-corrected chi connectivity index (χ4v) is 2.52. The molecule has 0 saturated heterocycles. The van der Waals surface area contributed by atoms with Crippen molar-refractivity contribution < 1.29 is 14.6 Å². The van der Waals surface area contributed by atoms with Gasteiger partial charge in [0, 0.05) is 6.54 Å². The molecule has 5 heteroatoms. The summed E-state index contributed by atoms with van der Waals surface area (Å²) < 4.78 is 5.29. The van der Waals surface area contributed by atoms with Crippen LogP contribution in [0.3, 0.4) is 0 Å². The lowest BCUT2D eigenvalue weighted by Gasteiger charge is -2.17. The van der Waals surface area contributed by atoms with E-state index < -0.39 is 0 Å². The van der Waals surface area contributed by atoms with Crippen LogP contribution in [0.4, 0.5) is 4.79 Å². The molecular weight excluding hydrogens is 304 g/mol. The molecule has 0 spiro atoms. The molecule has 0 fully saturated rings. The fraction of sp³-hybridized carbons (Fsp3) is 0.316. The normalized spacial score (nSPS) is 11.6. The van der Waals surface area contributed by atoms with Crippen LogP contribution in [0.25, 0.3) is 0 Å². The van der Waals surface area contributed by atoms with Crippen LogP contribution in [0.1, 0.15) is 11.1 Å². The maximum Gasteiger partial charge on any atom is 0.315 e. The van der Waals surface area contributed by atoms with Gasteiger partial charge in [-0.15, -0.1) is 0 Å². The highest BCUT2D eigenvalue weighted by Gasteiger charge is 2.12. The third kappa shape index (κ3) is 5.59. The Hall–Kier alpha value is -2.53. The van der Waals surface area contributed by atoms with Gasteiger partial charge >= 0.3 is 6.03 Å². The first-order chi connectivity index (χ1) is 11.7. The average Bonchev–Trinajstić information content (AvgIpc) is 2.62. The number of amides is 2. The summed E-state index contributed by atoms with van der Waals surface area (Å²) >= 11 is 0. The molecule has 0 aliphatic carbocycles. The molecule has 0 radical (unpaired) electrons. The van der Waals surface area contributed by atoms with Crippen LogP contribution in [-0.4, -0.2) is 37.4 Å². The maximum absolute atomic E-state index is 12.0. The summed E-state index contributed by atoms with van der Waals surface area (Å²) in [6.45, 7) is 0.393. The highest BCUT2D eigenvalue weighted by molar-refractivity contribution is 5.74. The first kappa shape index (κ1) is 17.8. The number of aliphatic hydroxyl groups excluding tert-OH is 1. The minimum absolute atomic E-state index is 0.102.